The van der Waals surface area contributed by atoms with Gasteiger partial charge in [-0.05, 0) is 48.6 Å². The fourth-order valence-corrected chi connectivity index (χ4v) is 7.10. The molecule has 0 unspecified atom stereocenters. The number of allylic oxidation sites excluding steroid dienone is 2. The zero-order chi connectivity index (χ0) is 21.1. The van der Waals surface area contributed by atoms with Gasteiger partial charge in [0.25, 0.3) is 11.4 Å². The number of rotatable bonds is 4. The second kappa shape index (κ2) is 8.47. The van der Waals surface area contributed by atoms with Crippen LogP contribution < -0.4 is 0 Å². The predicted octanol–water partition coefficient (Wildman–Crippen LogP) is 7.99. The van der Waals surface area contributed by atoms with Gasteiger partial charge < -0.3 is 0 Å². The van der Waals surface area contributed by atoms with E-state index in [4.69, 9.17) is 23.7 Å². The van der Waals surface area contributed by atoms with Crippen LogP contribution in [0.5, 0.6) is 0 Å². The maximum atomic E-state index is 8.91. The molecule has 4 nitrogen and oxygen atoms in total. The van der Waals surface area contributed by atoms with Gasteiger partial charge in [0.2, 0.25) is 0 Å². The van der Waals surface area contributed by atoms with Gasteiger partial charge in [-0.25, -0.2) is 20.2 Å². The molecule has 0 saturated carbocycles. The summed E-state index contributed by atoms with van der Waals surface area (Å²) in [5.74, 6) is 0. The zero-order valence-electron chi connectivity index (χ0n) is 15.0. The molecule has 0 atom stereocenters. The largest absolute Gasteiger partial charge is 0.263 e. The van der Waals surface area contributed by atoms with Crippen LogP contribution in [-0.4, -0.2) is 0 Å². The van der Waals surface area contributed by atoms with E-state index in [9.17, 15) is 0 Å². The lowest BCUT2D eigenvalue weighted by Gasteiger charge is -1.91. The van der Waals surface area contributed by atoms with Crippen molar-refractivity contribution in [2.24, 2.45) is 0 Å². The van der Waals surface area contributed by atoms with Gasteiger partial charge in [-0.15, -0.1) is 45.3 Å². The van der Waals surface area contributed by atoms with Crippen LogP contribution in [0, 0.1) is 35.8 Å². The van der Waals surface area contributed by atoms with Gasteiger partial charge in [0.15, 0.2) is 0 Å². The molecule has 4 aromatic heterocycles. The minimum Gasteiger partial charge on any atom is -0.227 e. The molecule has 4 aromatic rings. The van der Waals surface area contributed by atoms with Crippen LogP contribution >= 0.6 is 45.3 Å². The van der Waals surface area contributed by atoms with Crippen molar-refractivity contribution in [3.05, 3.63) is 80.4 Å². The lowest BCUT2D eigenvalue weighted by atomic mass is 10.3. The average Bonchev–Trinajstić information content (AvgIpc) is 3.52. The number of fused-ring (bicyclic) bond motifs is 1. The molecule has 0 aliphatic rings. The number of nitriles is 2. The predicted molar refractivity (Wildman–Crippen MR) is 127 cm³/mol. The highest BCUT2D eigenvalue weighted by molar-refractivity contribution is 7.33. The van der Waals surface area contributed by atoms with E-state index in [2.05, 4.69) is 21.8 Å². The van der Waals surface area contributed by atoms with Gasteiger partial charge >= 0.3 is 0 Å². The molecule has 0 aliphatic heterocycles. The molecule has 4 rings (SSSR count). The van der Waals surface area contributed by atoms with Gasteiger partial charge in [0, 0.05) is 38.7 Å². The van der Waals surface area contributed by atoms with Crippen molar-refractivity contribution in [2.75, 3.05) is 0 Å². The third kappa shape index (κ3) is 3.95. The molecule has 0 aliphatic carbocycles. The van der Waals surface area contributed by atoms with Crippen LogP contribution in [-0.2, 0) is 0 Å². The van der Waals surface area contributed by atoms with E-state index in [1.165, 1.54) is 19.2 Å². The number of thiophene rings is 4. The maximum absolute atomic E-state index is 8.91. The van der Waals surface area contributed by atoms with E-state index in [-0.39, 0.29) is 11.4 Å². The zero-order valence-corrected chi connectivity index (χ0v) is 18.3. The van der Waals surface area contributed by atoms with Gasteiger partial charge in [-0.1, -0.05) is 0 Å². The molecule has 0 saturated heterocycles. The van der Waals surface area contributed by atoms with E-state index in [1.54, 1.807) is 57.5 Å². The number of nitrogens with zero attached hydrogens (tertiary/aromatic N) is 4. The first-order chi connectivity index (χ1) is 14.6. The van der Waals surface area contributed by atoms with Crippen molar-refractivity contribution in [1.82, 2.24) is 0 Å². The second-order valence-electron chi connectivity index (χ2n) is 5.86. The Kier molecular flexibility index (Phi) is 5.59. The topological polar surface area (TPSA) is 56.3 Å². The molecular weight excluding hydrogens is 449 g/mol. The van der Waals surface area contributed by atoms with Crippen molar-refractivity contribution in [3.63, 3.8) is 0 Å². The Hall–Kier alpha value is -3.50. The van der Waals surface area contributed by atoms with Crippen LogP contribution in [0.1, 0.15) is 9.75 Å². The summed E-state index contributed by atoms with van der Waals surface area (Å²) < 4.78 is 2.41. The smallest absolute Gasteiger partial charge is 0.227 e. The quantitative estimate of drug-likeness (QED) is 0.231. The van der Waals surface area contributed by atoms with Crippen molar-refractivity contribution >= 4 is 66.9 Å². The molecule has 140 valence electrons. The van der Waals surface area contributed by atoms with E-state index in [0.717, 1.165) is 19.5 Å². The van der Waals surface area contributed by atoms with Crippen molar-refractivity contribution < 1.29 is 0 Å². The Morgan fingerprint density at radius 3 is 1.50 bits per heavy atom. The van der Waals surface area contributed by atoms with E-state index >= 15 is 0 Å². The molecule has 0 radical (unpaired) electrons. The highest BCUT2D eigenvalue weighted by Gasteiger charge is 2.12. The molecule has 30 heavy (non-hydrogen) atoms. The Labute approximate surface area is 188 Å². The third-order valence-corrected chi connectivity index (χ3v) is 8.72. The molecular formula is C22H8N4S4. The van der Waals surface area contributed by atoms with Gasteiger partial charge in [0.05, 0.1) is 25.3 Å². The van der Waals surface area contributed by atoms with Crippen molar-refractivity contribution in [2.45, 2.75) is 0 Å². The standard InChI is InChI=1S/C22H8N4S4/c1-25-13(11-23)7-15-3-5-17(27-15)19-9-21-22(29-19)10-20(30-21)18-6-4-16(28-18)8-14(12-24)26-2/h3-10H/b13-7-,14-8+. The molecule has 0 bridgehead atoms. The Morgan fingerprint density at radius 1 is 0.700 bits per heavy atom. The lowest BCUT2D eigenvalue weighted by molar-refractivity contribution is 1.51. The molecule has 0 aromatic carbocycles. The van der Waals surface area contributed by atoms with Crippen LogP contribution in [0.2, 0.25) is 0 Å². The van der Waals surface area contributed by atoms with Gasteiger partial charge in [-0.2, -0.15) is 0 Å². The summed E-state index contributed by atoms with van der Waals surface area (Å²) in [6, 6.07) is 16.0. The van der Waals surface area contributed by atoms with Crippen LogP contribution in [0.3, 0.4) is 0 Å². The first-order valence-corrected chi connectivity index (χ1v) is 11.6. The number of hydrogen-bond acceptors (Lipinski definition) is 6. The molecule has 0 fully saturated rings. The van der Waals surface area contributed by atoms with Gasteiger partial charge in [-0.3, -0.25) is 0 Å². The summed E-state index contributed by atoms with van der Waals surface area (Å²) in [4.78, 5) is 12.8. The van der Waals surface area contributed by atoms with Crippen molar-refractivity contribution in [1.29, 1.82) is 10.5 Å². The molecule has 0 spiro atoms. The summed E-state index contributed by atoms with van der Waals surface area (Å²) >= 11 is 6.57. The lowest BCUT2D eigenvalue weighted by Crippen LogP contribution is -1.65. The summed E-state index contributed by atoms with van der Waals surface area (Å²) in [6.45, 7) is 14.0. The van der Waals surface area contributed by atoms with Crippen LogP contribution in [0.25, 0.3) is 50.8 Å². The monoisotopic (exact) mass is 456 g/mol. The van der Waals surface area contributed by atoms with Crippen molar-refractivity contribution in [3.8, 4) is 31.6 Å². The van der Waals surface area contributed by atoms with E-state index < -0.39 is 0 Å². The van der Waals surface area contributed by atoms with Crippen LogP contribution in [0.4, 0.5) is 0 Å². The summed E-state index contributed by atoms with van der Waals surface area (Å²) in [5.41, 5.74) is 0.173. The third-order valence-electron chi connectivity index (χ3n) is 3.97. The molecule has 0 amide bonds. The minimum absolute atomic E-state index is 0.0867. The van der Waals surface area contributed by atoms with Gasteiger partial charge in [0.1, 0.15) is 0 Å². The highest BCUT2D eigenvalue weighted by atomic mass is 32.1. The fourth-order valence-electron chi connectivity index (χ4n) is 2.65. The highest BCUT2D eigenvalue weighted by Crippen LogP contribution is 2.44. The molecule has 8 heteroatoms. The van der Waals surface area contributed by atoms with E-state index in [0.29, 0.717) is 0 Å². The number of hydrogen-bond donors (Lipinski definition) is 0. The maximum Gasteiger partial charge on any atom is 0.263 e. The molecule has 4 heterocycles. The normalized spacial score (nSPS) is 11.6. The second-order valence-corrected chi connectivity index (χ2v) is 10.3. The minimum atomic E-state index is 0.0867. The summed E-state index contributed by atoms with van der Waals surface area (Å²) in [6.07, 6.45) is 3.23. The Morgan fingerprint density at radius 2 is 1.13 bits per heavy atom. The Balaban J connectivity index is 1.61. The van der Waals surface area contributed by atoms with Crippen LogP contribution in [0.15, 0.2) is 47.8 Å². The van der Waals surface area contributed by atoms with E-state index in [1.807, 2.05) is 36.4 Å². The average molecular weight is 457 g/mol. The Bertz CT molecular complexity index is 1320. The SMILES string of the molecule is [C-]#[N+]/C(C#N)=C\c1ccc(-c2cc3sc(-c4ccc(/C=C(\C#N)[N+]#[C-])s4)cc3s2)s1. The summed E-state index contributed by atoms with van der Waals surface area (Å²) in [7, 11) is 0. The first-order valence-electron chi connectivity index (χ1n) is 8.36. The fraction of sp³-hybridized carbons (Fsp3) is 0. The first kappa shape index (κ1) is 19.8. The molecule has 0 N–H and O–H groups in total. The summed E-state index contributed by atoms with van der Waals surface area (Å²) in [5, 5.41) is 17.8.